The highest BCUT2D eigenvalue weighted by Gasteiger charge is 2.12. The first-order valence-electron chi connectivity index (χ1n) is 7.44. The fourth-order valence-electron chi connectivity index (χ4n) is 2.04. The van der Waals surface area contributed by atoms with Crippen molar-refractivity contribution >= 4 is 34.9 Å². The number of carbonyl (C=O) groups is 1. The third-order valence-electron chi connectivity index (χ3n) is 3.35. The third-order valence-corrected chi connectivity index (χ3v) is 4.44. The number of amides is 1. The summed E-state index contributed by atoms with van der Waals surface area (Å²) in [4.78, 5) is 17.5. The Kier molecular flexibility index (Phi) is 6.84. The van der Waals surface area contributed by atoms with Crippen LogP contribution in [0, 0.1) is 0 Å². The molecule has 0 atom stereocenters. The highest BCUT2D eigenvalue weighted by atomic mass is 35.5. The molecule has 5 heteroatoms. The lowest BCUT2D eigenvalue weighted by Gasteiger charge is -2.23. The number of hydrogen-bond acceptors (Lipinski definition) is 3. The summed E-state index contributed by atoms with van der Waals surface area (Å²) in [5, 5.41) is 2.71. The minimum absolute atomic E-state index is 0.0233. The maximum atomic E-state index is 12.5. The number of benzene rings is 1. The van der Waals surface area contributed by atoms with Crippen molar-refractivity contribution in [3.8, 4) is 0 Å². The van der Waals surface area contributed by atoms with E-state index in [1.165, 1.54) is 0 Å². The van der Waals surface area contributed by atoms with Gasteiger partial charge < -0.3 is 9.80 Å². The summed E-state index contributed by atoms with van der Waals surface area (Å²) in [7, 11) is 4.01. The molecule has 0 spiro atoms. The molecule has 0 saturated heterocycles. The number of likely N-dealkylation sites (N-methyl/N-ethyl adjacent to an activating group) is 1. The molecular weight excluding hydrogens is 328 g/mol. The van der Waals surface area contributed by atoms with Crippen LogP contribution >= 0.6 is 22.9 Å². The van der Waals surface area contributed by atoms with E-state index in [4.69, 9.17) is 11.6 Å². The summed E-state index contributed by atoms with van der Waals surface area (Å²) < 4.78 is 0. The van der Waals surface area contributed by atoms with E-state index in [-0.39, 0.29) is 5.91 Å². The second-order valence-electron chi connectivity index (χ2n) is 5.54. The molecule has 0 aliphatic heterocycles. The Labute approximate surface area is 146 Å². The molecule has 23 heavy (non-hydrogen) atoms. The molecule has 2 aromatic rings. The van der Waals surface area contributed by atoms with Crippen LogP contribution in [0.2, 0.25) is 5.02 Å². The van der Waals surface area contributed by atoms with Gasteiger partial charge in [0.15, 0.2) is 0 Å². The van der Waals surface area contributed by atoms with E-state index in [2.05, 4.69) is 4.90 Å². The van der Waals surface area contributed by atoms with Crippen molar-refractivity contribution in [2.45, 2.75) is 6.54 Å². The quantitative estimate of drug-likeness (QED) is 0.706. The minimum Gasteiger partial charge on any atom is -0.334 e. The number of hydrogen-bond donors (Lipinski definition) is 0. The first-order valence-corrected chi connectivity index (χ1v) is 8.70. The zero-order chi connectivity index (χ0) is 16.7. The molecule has 0 fully saturated rings. The van der Waals surface area contributed by atoms with Crippen molar-refractivity contribution < 1.29 is 4.79 Å². The Morgan fingerprint density at radius 1 is 1.17 bits per heavy atom. The predicted octanol–water partition coefficient (Wildman–Crippen LogP) is 4.01. The SMILES string of the molecule is CN(C)CCN(Cc1ccc(Cl)cc1)C(=O)/C=C\c1cccs1. The van der Waals surface area contributed by atoms with Gasteiger partial charge in [0.1, 0.15) is 0 Å². The zero-order valence-corrected chi connectivity index (χ0v) is 15.0. The highest BCUT2D eigenvalue weighted by molar-refractivity contribution is 7.10. The molecule has 1 aromatic heterocycles. The number of nitrogens with zero attached hydrogens (tertiary/aromatic N) is 2. The summed E-state index contributed by atoms with van der Waals surface area (Å²) in [6.45, 7) is 2.09. The van der Waals surface area contributed by atoms with Crippen LogP contribution in [0.25, 0.3) is 6.08 Å². The minimum atomic E-state index is 0.0233. The Morgan fingerprint density at radius 2 is 1.91 bits per heavy atom. The maximum absolute atomic E-state index is 12.5. The van der Waals surface area contributed by atoms with Crippen LogP contribution in [0.15, 0.2) is 47.9 Å². The monoisotopic (exact) mass is 348 g/mol. The smallest absolute Gasteiger partial charge is 0.246 e. The molecule has 1 amide bonds. The van der Waals surface area contributed by atoms with Crippen LogP contribution in [-0.4, -0.2) is 42.9 Å². The molecule has 0 saturated carbocycles. The molecule has 2 rings (SSSR count). The van der Waals surface area contributed by atoms with E-state index in [0.29, 0.717) is 18.1 Å². The van der Waals surface area contributed by atoms with Crippen LogP contribution in [0.4, 0.5) is 0 Å². The first-order chi connectivity index (χ1) is 11.0. The molecule has 0 N–H and O–H groups in total. The van der Waals surface area contributed by atoms with E-state index < -0.39 is 0 Å². The number of thiophene rings is 1. The third kappa shape index (κ3) is 6.18. The lowest BCUT2D eigenvalue weighted by atomic mass is 10.2. The van der Waals surface area contributed by atoms with Gasteiger partial charge in [0.2, 0.25) is 5.91 Å². The summed E-state index contributed by atoms with van der Waals surface area (Å²) >= 11 is 7.54. The molecule has 1 aromatic carbocycles. The van der Waals surface area contributed by atoms with Crippen LogP contribution in [0.3, 0.4) is 0 Å². The first kappa shape index (κ1) is 17.7. The number of carbonyl (C=O) groups excluding carboxylic acids is 1. The van der Waals surface area contributed by atoms with Crippen molar-refractivity contribution in [1.29, 1.82) is 0 Å². The fourth-order valence-corrected chi connectivity index (χ4v) is 2.79. The fraction of sp³-hybridized carbons (Fsp3) is 0.278. The van der Waals surface area contributed by atoms with Crippen LogP contribution in [-0.2, 0) is 11.3 Å². The summed E-state index contributed by atoms with van der Waals surface area (Å²) in [6, 6.07) is 11.6. The van der Waals surface area contributed by atoms with E-state index in [9.17, 15) is 4.79 Å². The summed E-state index contributed by atoms with van der Waals surface area (Å²) in [6.07, 6.45) is 3.52. The van der Waals surface area contributed by atoms with Crippen molar-refractivity contribution in [2.24, 2.45) is 0 Å². The highest BCUT2D eigenvalue weighted by Crippen LogP contribution is 2.13. The van der Waals surface area contributed by atoms with Crippen molar-refractivity contribution in [2.75, 3.05) is 27.2 Å². The molecule has 122 valence electrons. The lowest BCUT2D eigenvalue weighted by Crippen LogP contribution is -2.35. The molecule has 0 unspecified atom stereocenters. The van der Waals surface area contributed by atoms with Crippen LogP contribution < -0.4 is 0 Å². The van der Waals surface area contributed by atoms with Crippen LogP contribution in [0.1, 0.15) is 10.4 Å². The van der Waals surface area contributed by atoms with Crippen molar-refractivity contribution in [3.63, 3.8) is 0 Å². The zero-order valence-electron chi connectivity index (χ0n) is 13.4. The average Bonchev–Trinajstić information content (AvgIpc) is 3.04. The summed E-state index contributed by atoms with van der Waals surface area (Å²) in [5.74, 6) is 0.0233. The Bertz CT molecular complexity index is 636. The van der Waals surface area contributed by atoms with E-state index in [0.717, 1.165) is 17.0 Å². The van der Waals surface area contributed by atoms with Crippen molar-refractivity contribution in [3.05, 3.63) is 63.3 Å². The topological polar surface area (TPSA) is 23.6 Å². The lowest BCUT2D eigenvalue weighted by molar-refractivity contribution is -0.126. The summed E-state index contributed by atoms with van der Waals surface area (Å²) in [5.41, 5.74) is 1.08. The standard InChI is InChI=1S/C18H21ClN2OS/c1-20(2)11-12-21(14-15-5-7-16(19)8-6-15)18(22)10-9-17-4-3-13-23-17/h3-10,13H,11-12,14H2,1-2H3/b10-9-. The Hall–Kier alpha value is -1.62. The van der Waals surface area contributed by atoms with E-state index >= 15 is 0 Å². The molecule has 0 aliphatic carbocycles. The largest absolute Gasteiger partial charge is 0.334 e. The van der Waals surface area contributed by atoms with Gasteiger partial charge in [-0.25, -0.2) is 0 Å². The van der Waals surface area contributed by atoms with Crippen molar-refractivity contribution in [1.82, 2.24) is 9.80 Å². The second-order valence-corrected chi connectivity index (χ2v) is 6.95. The Morgan fingerprint density at radius 3 is 2.52 bits per heavy atom. The second kappa shape index (κ2) is 8.87. The normalized spacial score (nSPS) is 11.3. The molecule has 0 radical (unpaired) electrons. The van der Waals surface area contributed by atoms with Gasteiger partial charge >= 0.3 is 0 Å². The maximum Gasteiger partial charge on any atom is 0.246 e. The Balaban J connectivity index is 2.05. The van der Waals surface area contributed by atoms with Gasteiger partial charge in [0.25, 0.3) is 0 Å². The van der Waals surface area contributed by atoms with E-state index in [1.54, 1.807) is 17.4 Å². The van der Waals surface area contributed by atoms with Gasteiger partial charge in [-0.3, -0.25) is 4.79 Å². The number of halogens is 1. The molecule has 0 bridgehead atoms. The van der Waals surface area contributed by atoms with Gasteiger partial charge in [0.05, 0.1) is 0 Å². The van der Waals surface area contributed by atoms with Gasteiger partial charge in [0, 0.05) is 35.6 Å². The number of rotatable bonds is 7. The molecule has 3 nitrogen and oxygen atoms in total. The molecule has 0 aliphatic rings. The van der Waals surface area contributed by atoms with E-state index in [1.807, 2.05) is 66.8 Å². The predicted molar refractivity (Wildman–Crippen MR) is 98.8 cm³/mol. The molecule has 1 heterocycles. The van der Waals surface area contributed by atoms with Gasteiger partial charge in [-0.1, -0.05) is 29.8 Å². The van der Waals surface area contributed by atoms with Crippen LogP contribution in [0.5, 0.6) is 0 Å². The van der Waals surface area contributed by atoms with Gasteiger partial charge in [-0.05, 0) is 49.3 Å². The van der Waals surface area contributed by atoms with Gasteiger partial charge in [-0.15, -0.1) is 11.3 Å². The van der Waals surface area contributed by atoms with Gasteiger partial charge in [-0.2, -0.15) is 0 Å². The average molecular weight is 349 g/mol. The molecular formula is C18H21ClN2OS.